The molecular formula is C9H6Cl4O. The Bertz CT molecular complexity index is 368. The van der Waals surface area contributed by atoms with E-state index in [9.17, 15) is 4.79 Å². The number of ketones is 1. The normalized spacial score (nSPS) is 11.5. The molecule has 0 bridgehead atoms. The van der Waals surface area contributed by atoms with Crippen LogP contribution < -0.4 is 0 Å². The number of aryl methyl sites for hydroxylation is 1. The quantitative estimate of drug-likeness (QED) is 0.553. The van der Waals surface area contributed by atoms with Crippen LogP contribution in [0.5, 0.6) is 0 Å². The van der Waals surface area contributed by atoms with Gasteiger partial charge in [0.05, 0.1) is 0 Å². The van der Waals surface area contributed by atoms with Crippen LogP contribution in [0.2, 0.25) is 5.02 Å². The molecule has 5 heteroatoms. The number of rotatable bonds is 1. The Labute approximate surface area is 102 Å². The Morgan fingerprint density at radius 2 is 1.86 bits per heavy atom. The van der Waals surface area contributed by atoms with E-state index in [1.54, 1.807) is 25.1 Å². The topological polar surface area (TPSA) is 17.1 Å². The minimum Gasteiger partial charge on any atom is -0.289 e. The van der Waals surface area contributed by atoms with Crippen LogP contribution in [0.1, 0.15) is 15.9 Å². The number of Topliss-reactive ketones (excluding diaryl/α,β-unsaturated/α-hetero) is 1. The molecule has 0 unspecified atom stereocenters. The lowest BCUT2D eigenvalue weighted by Crippen LogP contribution is -2.19. The van der Waals surface area contributed by atoms with Gasteiger partial charge in [-0.15, -0.1) is 0 Å². The number of halogens is 4. The average Bonchev–Trinajstić information content (AvgIpc) is 2.01. The molecule has 0 radical (unpaired) electrons. The molecule has 1 aromatic rings. The molecule has 0 heterocycles. The first-order valence-corrected chi connectivity index (χ1v) is 5.21. The summed E-state index contributed by atoms with van der Waals surface area (Å²) in [7, 11) is 0. The molecule has 0 aromatic heterocycles. The van der Waals surface area contributed by atoms with Crippen molar-refractivity contribution < 1.29 is 4.79 Å². The van der Waals surface area contributed by atoms with E-state index in [1.165, 1.54) is 0 Å². The number of hydrogen-bond acceptors (Lipinski definition) is 1. The second-order valence-electron chi connectivity index (χ2n) is 2.79. The SMILES string of the molecule is Cc1cc(Cl)ccc1C(=O)C(Cl)(Cl)Cl. The Morgan fingerprint density at radius 3 is 2.29 bits per heavy atom. The van der Waals surface area contributed by atoms with Gasteiger partial charge in [-0.2, -0.15) is 0 Å². The molecule has 0 fully saturated rings. The summed E-state index contributed by atoms with van der Waals surface area (Å²) < 4.78 is -1.92. The second-order valence-corrected chi connectivity index (χ2v) is 5.50. The van der Waals surface area contributed by atoms with E-state index in [4.69, 9.17) is 46.4 Å². The number of carbonyl (C=O) groups excluding carboxylic acids is 1. The highest BCUT2D eigenvalue weighted by atomic mass is 35.6. The fourth-order valence-electron chi connectivity index (χ4n) is 1.03. The van der Waals surface area contributed by atoms with Crippen LogP contribution in [0.3, 0.4) is 0 Å². The fraction of sp³-hybridized carbons (Fsp3) is 0.222. The van der Waals surface area contributed by atoms with Gasteiger partial charge in [-0.1, -0.05) is 46.4 Å². The lowest BCUT2D eigenvalue weighted by molar-refractivity contribution is 0.0996. The molecule has 0 aliphatic carbocycles. The molecule has 0 saturated heterocycles. The van der Waals surface area contributed by atoms with Gasteiger partial charge in [0.2, 0.25) is 5.78 Å². The molecule has 1 rings (SSSR count). The summed E-state index contributed by atoms with van der Waals surface area (Å²) in [6, 6.07) is 4.77. The molecule has 1 nitrogen and oxygen atoms in total. The third kappa shape index (κ3) is 2.77. The van der Waals surface area contributed by atoms with Crippen LogP contribution in [0.4, 0.5) is 0 Å². The largest absolute Gasteiger partial charge is 0.289 e. The van der Waals surface area contributed by atoms with Crippen LogP contribution in [0.25, 0.3) is 0 Å². The van der Waals surface area contributed by atoms with Crippen molar-refractivity contribution >= 4 is 52.2 Å². The third-order valence-electron chi connectivity index (χ3n) is 1.69. The number of hydrogen-bond donors (Lipinski definition) is 0. The zero-order valence-electron chi connectivity index (χ0n) is 7.15. The molecule has 0 spiro atoms. The van der Waals surface area contributed by atoms with Crippen molar-refractivity contribution in [3.05, 3.63) is 34.3 Å². The highest BCUT2D eigenvalue weighted by molar-refractivity contribution is 6.77. The van der Waals surface area contributed by atoms with Gasteiger partial charge in [0.25, 0.3) is 3.79 Å². The predicted octanol–water partition coefficient (Wildman–Crippen LogP) is 4.20. The molecule has 76 valence electrons. The molecule has 0 aliphatic heterocycles. The first kappa shape index (κ1) is 12.1. The van der Waals surface area contributed by atoms with Crippen LogP contribution in [0, 0.1) is 6.92 Å². The van der Waals surface area contributed by atoms with E-state index in [2.05, 4.69) is 0 Å². The van der Waals surface area contributed by atoms with Crippen molar-refractivity contribution in [3.8, 4) is 0 Å². The minimum atomic E-state index is -1.92. The van der Waals surface area contributed by atoms with E-state index in [1.807, 2.05) is 0 Å². The van der Waals surface area contributed by atoms with E-state index in [0.29, 0.717) is 16.1 Å². The lowest BCUT2D eigenvalue weighted by atomic mass is 10.1. The van der Waals surface area contributed by atoms with Gasteiger partial charge in [-0.25, -0.2) is 0 Å². The van der Waals surface area contributed by atoms with Crippen LogP contribution >= 0.6 is 46.4 Å². The van der Waals surface area contributed by atoms with Gasteiger partial charge in [-0.05, 0) is 30.7 Å². The maximum Gasteiger partial charge on any atom is 0.253 e. The average molecular weight is 272 g/mol. The standard InChI is InChI=1S/C9H6Cl4O/c1-5-4-6(10)2-3-7(5)8(14)9(11,12)13/h2-4H,1H3. The summed E-state index contributed by atoms with van der Waals surface area (Å²) in [6.45, 7) is 1.73. The first-order chi connectivity index (χ1) is 6.32. The summed E-state index contributed by atoms with van der Waals surface area (Å²) in [6.07, 6.45) is 0. The first-order valence-electron chi connectivity index (χ1n) is 3.70. The Kier molecular flexibility index (Phi) is 3.70. The summed E-state index contributed by atoms with van der Waals surface area (Å²) >= 11 is 22.2. The Morgan fingerprint density at radius 1 is 1.29 bits per heavy atom. The molecule has 0 amide bonds. The molecule has 1 aromatic carbocycles. The third-order valence-corrected chi connectivity index (χ3v) is 2.44. The van der Waals surface area contributed by atoms with E-state index in [-0.39, 0.29) is 0 Å². The van der Waals surface area contributed by atoms with Gasteiger partial charge in [0, 0.05) is 10.6 Å². The number of carbonyl (C=O) groups is 1. The van der Waals surface area contributed by atoms with Crippen molar-refractivity contribution in [2.75, 3.05) is 0 Å². The van der Waals surface area contributed by atoms with E-state index in [0.717, 1.165) is 0 Å². The van der Waals surface area contributed by atoms with Gasteiger partial charge in [0.15, 0.2) is 0 Å². The van der Waals surface area contributed by atoms with Gasteiger partial charge >= 0.3 is 0 Å². The zero-order valence-corrected chi connectivity index (χ0v) is 10.2. The summed E-state index contributed by atoms with van der Waals surface area (Å²) in [5.41, 5.74) is 1.06. The van der Waals surface area contributed by atoms with Crippen molar-refractivity contribution in [3.63, 3.8) is 0 Å². The fourth-order valence-corrected chi connectivity index (χ4v) is 1.57. The Hall–Kier alpha value is 0.0500. The van der Waals surface area contributed by atoms with Gasteiger partial charge in [0.1, 0.15) is 0 Å². The monoisotopic (exact) mass is 270 g/mol. The van der Waals surface area contributed by atoms with Crippen molar-refractivity contribution in [2.24, 2.45) is 0 Å². The molecule has 0 atom stereocenters. The van der Waals surface area contributed by atoms with Crippen molar-refractivity contribution in [1.82, 2.24) is 0 Å². The number of alkyl halides is 3. The minimum absolute atomic E-state index is 0.370. The molecule has 14 heavy (non-hydrogen) atoms. The number of benzene rings is 1. The van der Waals surface area contributed by atoms with Gasteiger partial charge < -0.3 is 0 Å². The molecule has 0 aliphatic rings. The Balaban J connectivity index is 3.15. The maximum atomic E-state index is 11.6. The highest BCUT2D eigenvalue weighted by Gasteiger charge is 2.32. The van der Waals surface area contributed by atoms with Gasteiger partial charge in [-0.3, -0.25) is 4.79 Å². The highest BCUT2D eigenvalue weighted by Crippen LogP contribution is 2.31. The summed E-state index contributed by atoms with van der Waals surface area (Å²) in [5.74, 6) is -0.545. The van der Waals surface area contributed by atoms with Crippen molar-refractivity contribution in [2.45, 2.75) is 10.7 Å². The predicted molar refractivity (Wildman–Crippen MR) is 60.8 cm³/mol. The smallest absolute Gasteiger partial charge is 0.253 e. The van der Waals surface area contributed by atoms with Crippen LogP contribution in [-0.4, -0.2) is 9.58 Å². The lowest BCUT2D eigenvalue weighted by Gasteiger charge is -2.11. The molecule has 0 saturated carbocycles. The second kappa shape index (κ2) is 4.28. The summed E-state index contributed by atoms with van der Waals surface area (Å²) in [4.78, 5) is 11.6. The van der Waals surface area contributed by atoms with E-state index >= 15 is 0 Å². The van der Waals surface area contributed by atoms with Crippen LogP contribution in [-0.2, 0) is 0 Å². The molecular weight excluding hydrogens is 266 g/mol. The molecule has 0 N–H and O–H groups in total. The maximum absolute atomic E-state index is 11.6. The van der Waals surface area contributed by atoms with Crippen LogP contribution in [0.15, 0.2) is 18.2 Å². The summed E-state index contributed by atoms with van der Waals surface area (Å²) in [5, 5.41) is 0.545. The zero-order chi connectivity index (χ0) is 10.9. The van der Waals surface area contributed by atoms with Crippen molar-refractivity contribution in [1.29, 1.82) is 0 Å². The van der Waals surface area contributed by atoms with E-state index < -0.39 is 9.58 Å².